The molecule has 0 radical (unpaired) electrons. The van der Waals surface area contributed by atoms with Gasteiger partial charge >= 0.3 is 5.97 Å². The first kappa shape index (κ1) is 18.6. The summed E-state index contributed by atoms with van der Waals surface area (Å²) >= 11 is 0.892. The minimum atomic E-state index is -1.07. The van der Waals surface area contributed by atoms with E-state index in [0.29, 0.717) is 11.8 Å². The van der Waals surface area contributed by atoms with Crippen molar-refractivity contribution >= 4 is 39.2 Å². The van der Waals surface area contributed by atoms with Crippen molar-refractivity contribution in [2.24, 2.45) is 0 Å². The molecule has 7 nitrogen and oxygen atoms in total. The Balaban J connectivity index is 1.93. The van der Waals surface area contributed by atoms with Gasteiger partial charge in [-0.05, 0) is 19.9 Å². The molecule has 1 aromatic carbocycles. The molecule has 3 aromatic rings. The number of esters is 1. The van der Waals surface area contributed by atoms with Gasteiger partial charge in [-0.3, -0.25) is 14.9 Å². The van der Waals surface area contributed by atoms with Crippen LogP contribution in [0.5, 0.6) is 0 Å². The van der Waals surface area contributed by atoms with Gasteiger partial charge in [-0.15, -0.1) is 0 Å². The number of ether oxygens (including phenoxy) is 1. The Bertz CT molecular complexity index is 1120. The molecule has 0 saturated heterocycles. The Morgan fingerprint density at radius 1 is 1.33 bits per heavy atom. The predicted molar refractivity (Wildman–Crippen MR) is 95.2 cm³/mol. The molecule has 2 N–H and O–H groups in total. The number of rotatable bonds is 4. The summed E-state index contributed by atoms with van der Waals surface area (Å²) in [6, 6.07) is 1.52. The third-order valence-electron chi connectivity index (χ3n) is 3.62. The molecule has 2 heterocycles. The monoisotopic (exact) mass is 393 g/mol. The van der Waals surface area contributed by atoms with Gasteiger partial charge in [0.15, 0.2) is 5.13 Å². The Hall–Kier alpha value is -3.14. The standard InChI is InChI=1S/C17H13F2N3O4S/c1-3-26-16(25)14-7(2)21-17(27-14)22-15(24)9-6-20-11-5-8(18)4-10(19)12(11)13(9)23/h4-6H,3H2,1-2H3,(H,20,23)(H,21,22,24). The minimum Gasteiger partial charge on any atom is -0.462 e. The second kappa shape index (κ2) is 7.23. The number of nitrogens with one attached hydrogen (secondary N) is 2. The van der Waals surface area contributed by atoms with Crippen LogP contribution in [0.15, 0.2) is 23.1 Å². The zero-order valence-corrected chi connectivity index (χ0v) is 15.0. The van der Waals surface area contributed by atoms with Gasteiger partial charge in [-0.1, -0.05) is 11.3 Å². The fourth-order valence-corrected chi connectivity index (χ4v) is 3.29. The zero-order chi connectivity index (χ0) is 19.7. The highest BCUT2D eigenvalue weighted by molar-refractivity contribution is 7.17. The first-order valence-electron chi connectivity index (χ1n) is 7.78. The number of aromatic amines is 1. The number of halogens is 2. The molecule has 10 heteroatoms. The molecule has 27 heavy (non-hydrogen) atoms. The number of pyridine rings is 1. The molecule has 0 spiro atoms. The minimum absolute atomic E-state index is 0.0660. The first-order valence-corrected chi connectivity index (χ1v) is 8.59. The third-order valence-corrected chi connectivity index (χ3v) is 4.67. The van der Waals surface area contributed by atoms with Gasteiger partial charge in [0.2, 0.25) is 5.43 Å². The lowest BCUT2D eigenvalue weighted by atomic mass is 10.1. The van der Waals surface area contributed by atoms with Crippen molar-refractivity contribution in [3.05, 3.63) is 56.3 Å². The number of aryl methyl sites for hydroxylation is 1. The summed E-state index contributed by atoms with van der Waals surface area (Å²) in [5.74, 6) is -3.33. The fraction of sp³-hybridized carbons (Fsp3) is 0.176. The van der Waals surface area contributed by atoms with Gasteiger partial charge in [-0.2, -0.15) is 0 Å². The van der Waals surface area contributed by atoms with Crippen LogP contribution in [0.4, 0.5) is 13.9 Å². The summed E-state index contributed by atoms with van der Waals surface area (Å²) in [7, 11) is 0. The molecular weight excluding hydrogens is 380 g/mol. The second-order valence-electron chi connectivity index (χ2n) is 5.45. The van der Waals surface area contributed by atoms with Crippen molar-refractivity contribution in [2.45, 2.75) is 13.8 Å². The molecule has 0 aliphatic heterocycles. The highest BCUT2D eigenvalue weighted by Gasteiger charge is 2.20. The second-order valence-corrected chi connectivity index (χ2v) is 6.45. The summed E-state index contributed by atoms with van der Waals surface area (Å²) in [5, 5.41) is 2.06. The van der Waals surface area contributed by atoms with Crippen molar-refractivity contribution in [1.29, 1.82) is 0 Å². The number of carbonyl (C=O) groups excluding carboxylic acids is 2. The molecule has 1 amide bonds. The zero-order valence-electron chi connectivity index (χ0n) is 14.2. The maximum absolute atomic E-state index is 13.9. The number of amides is 1. The maximum Gasteiger partial charge on any atom is 0.350 e. The van der Waals surface area contributed by atoms with Crippen LogP contribution in [0.1, 0.15) is 32.6 Å². The van der Waals surface area contributed by atoms with Crippen molar-refractivity contribution in [1.82, 2.24) is 9.97 Å². The van der Waals surface area contributed by atoms with Crippen molar-refractivity contribution in [2.75, 3.05) is 11.9 Å². The molecule has 0 unspecified atom stereocenters. The smallest absolute Gasteiger partial charge is 0.350 e. The largest absolute Gasteiger partial charge is 0.462 e. The van der Waals surface area contributed by atoms with Gasteiger partial charge in [0.05, 0.1) is 23.2 Å². The molecule has 0 saturated carbocycles. The number of carbonyl (C=O) groups is 2. The number of hydrogen-bond donors (Lipinski definition) is 2. The van der Waals surface area contributed by atoms with Crippen LogP contribution in [0.3, 0.4) is 0 Å². The molecule has 0 aliphatic rings. The molecule has 2 aromatic heterocycles. The van der Waals surface area contributed by atoms with E-state index in [9.17, 15) is 23.2 Å². The van der Waals surface area contributed by atoms with Gasteiger partial charge in [-0.25, -0.2) is 18.6 Å². The summed E-state index contributed by atoms with van der Waals surface area (Å²) in [4.78, 5) is 43.4. The van der Waals surface area contributed by atoms with E-state index < -0.39 is 34.3 Å². The van der Waals surface area contributed by atoms with Gasteiger partial charge in [0.25, 0.3) is 5.91 Å². The Morgan fingerprint density at radius 2 is 2.07 bits per heavy atom. The fourth-order valence-electron chi connectivity index (χ4n) is 2.44. The number of fused-ring (bicyclic) bond motifs is 1. The number of hydrogen-bond acceptors (Lipinski definition) is 6. The molecule has 140 valence electrons. The Labute approximate surface area is 155 Å². The number of H-pyrrole nitrogens is 1. The summed E-state index contributed by atoms with van der Waals surface area (Å²) in [6.07, 6.45) is 1.06. The van der Waals surface area contributed by atoms with E-state index >= 15 is 0 Å². The predicted octanol–water partition coefficient (Wildman–Crippen LogP) is 3.00. The SMILES string of the molecule is CCOC(=O)c1sc(NC(=O)c2c[nH]c3cc(F)cc(F)c3c2=O)nc1C. The van der Waals surface area contributed by atoms with E-state index in [1.807, 2.05) is 0 Å². The molecule has 0 fully saturated rings. The third kappa shape index (κ3) is 3.56. The van der Waals surface area contributed by atoms with Crippen molar-refractivity contribution < 1.29 is 23.1 Å². The van der Waals surface area contributed by atoms with Gasteiger partial charge < -0.3 is 9.72 Å². The van der Waals surface area contributed by atoms with Crippen LogP contribution in [-0.2, 0) is 4.74 Å². The lowest BCUT2D eigenvalue weighted by molar-refractivity contribution is 0.0531. The summed E-state index contributed by atoms with van der Waals surface area (Å²) in [6.45, 7) is 3.43. The Morgan fingerprint density at radius 3 is 2.78 bits per heavy atom. The van der Waals surface area contributed by atoms with E-state index in [4.69, 9.17) is 4.74 Å². The average Bonchev–Trinajstić information content (AvgIpc) is 2.94. The number of thiazole rings is 1. The summed E-state index contributed by atoms with van der Waals surface area (Å²) in [5.41, 5.74) is -0.970. The normalized spacial score (nSPS) is 10.8. The lowest BCUT2D eigenvalue weighted by Crippen LogP contribution is -2.22. The van der Waals surface area contributed by atoms with E-state index in [2.05, 4.69) is 15.3 Å². The highest BCUT2D eigenvalue weighted by Crippen LogP contribution is 2.24. The van der Waals surface area contributed by atoms with E-state index in [-0.39, 0.29) is 27.7 Å². The molecule has 0 bridgehead atoms. The molecule has 0 aliphatic carbocycles. The first-order chi connectivity index (χ1) is 12.8. The van der Waals surface area contributed by atoms with Crippen molar-refractivity contribution in [3.8, 4) is 0 Å². The highest BCUT2D eigenvalue weighted by atomic mass is 32.1. The molecule has 0 atom stereocenters. The topological polar surface area (TPSA) is 101 Å². The van der Waals surface area contributed by atoms with Crippen molar-refractivity contribution in [3.63, 3.8) is 0 Å². The van der Waals surface area contributed by atoms with Crippen LogP contribution in [0, 0.1) is 18.6 Å². The molecule has 3 rings (SSSR count). The number of nitrogens with zero attached hydrogens (tertiary/aromatic N) is 1. The molecular formula is C17H13F2N3O4S. The van der Waals surface area contributed by atoms with Crippen LogP contribution >= 0.6 is 11.3 Å². The summed E-state index contributed by atoms with van der Waals surface area (Å²) < 4.78 is 32.1. The lowest BCUT2D eigenvalue weighted by Gasteiger charge is -2.04. The Kier molecular flexibility index (Phi) is 5.00. The number of aromatic nitrogens is 2. The van der Waals surface area contributed by atoms with E-state index in [0.717, 1.165) is 23.6 Å². The van der Waals surface area contributed by atoms with Crippen LogP contribution in [0.2, 0.25) is 0 Å². The van der Waals surface area contributed by atoms with Gasteiger partial charge in [0.1, 0.15) is 22.1 Å². The van der Waals surface area contributed by atoms with Gasteiger partial charge in [0, 0.05) is 12.3 Å². The van der Waals surface area contributed by atoms with Crippen LogP contribution in [0.25, 0.3) is 10.9 Å². The van der Waals surface area contributed by atoms with Crippen LogP contribution < -0.4 is 10.7 Å². The quantitative estimate of drug-likeness (QED) is 0.664. The van der Waals surface area contributed by atoms with Crippen LogP contribution in [-0.4, -0.2) is 28.5 Å². The van der Waals surface area contributed by atoms with E-state index in [1.54, 1.807) is 13.8 Å². The van der Waals surface area contributed by atoms with E-state index in [1.165, 1.54) is 0 Å². The number of benzene rings is 1. The average molecular weight is 393 g/mol. The number of anilines is 1. The maximum atomic E-state index is 13.9.